The van der Waals surface area contributed by atoms with E-state index in [4.69, 9.17) is 9.57 Å². The summed E-state index contributed by atoms with van der Waals surface area (Å²) in [5, 5.41) is 0. The molecule has 20 heavy (non-hydrogen) atoms. The number of carbonyl (C=O) groups excluding carboxylic acids is 1. The number of likely N-dealkylation sites (N-methyl/N-ethyl adjacent to an activating group) is 1. The van der Waals surface area contributed by atoms with Gasteiger partial charge in [0, 0.05) is 38.7 Å². The van der Waals surface area contributed by atoms with E-state index in [1.165, 1.54) is 0 Å². The predicted molar refractivity (Wildman–Crippen MR) is 76.0 cm³/mol. The number of amides is 2. The molecule has 0 aliphatic carbocycles. The molecule has 0 radical (unpaired) electrons. The Balaban J connectivity index is 1.83. The molecule has 1 N–H and O–H groups in total. The van der Waals surface area contributed by atoms with E-state index in [0.29, 0.717) is 12.5 Å². The molecule has 6 nitrogen and oxygen atoms in total. The van der Waals surface area contributed by atoms with E-state index in [2.05, 4.69) is 31.3 Å². The number of hydrogen-bond acceptors (Lipinski definition) is 4. The number of piperazine rings is 1. The van der Waals surface area contributed by atoms with Gasteiger partial charge in [0.15, 0.2) is 6.29 Å². The lowest BCUT2D eigenvalue weighted by molar-refractivity contribution is -0.188. The molecule has 2 amide bonds. The van der Waals surface area contributed by atoms with Crippen molar-refractivity contribution in [3.63, 3.8) is 0 Å². The predicted octanol–water partition coefficient (Wildman–Crippen LogP) is 1.43. The summed E-state index contributed by atoms with van der Waals surface area (Å²) in [4.78, 5) is 21.8. The third-order valence-electron chi connectivity index (χ3n) is 4.07. The highest BCUT2D eigenvalue weighted by Gasteiger charge is 2.31. The molecule has 0 bridgehead atoms. The van der Waals surface area contributed by atoms with Crippen LogP contribution < -0.4 is 5.48 Å². The SMILES string of the molecule is CC(C)[C@H]1CN(C)CCN1C(=O)NO[C@H]1CCCCO1. The summed E-state index contributed by atoms with van der Waals surface area (Å²) in [6.45, 7) is 7.55. The summed E-state index contributed by atoms with van der Waals surface area (Å²) >= 11 is 0. The van der Waals surface area contributed by atoms with Crippen LogP contribution in [-0.4, -0.2) is 61.5 Å². The van der Waals surface area contributed by atoms with Crippen molar-refractivity contribution in [3.05, 3.63) is 0 Å². The van der Waals surface area contributed by atoms with Crippen molar-refractivity contribution in [3.8, 4) is 0 Å². The van der Waals surface area contributed by atoms with E-state index in [-0.39, 0.29) is 18.4 Å². The lowest BCUT2D eigenvalue weighted by Crippen LogP contribution is -2.58. The van der Waals surface area contributed by atoms with Crippen LogP contribution in [0.4, 0.5) is 4.79 Å². The molecule has 2 aliphatic heterocycles. The highest BCUT2D eigenvalue weighted by Crippen LogP contribution is 2.17. The number of hydrogen-bond donors (Lipinski definition) is 1. The van der Waals surface area contributed by atoms with Gasteiger partial charge >= 0.3 is 6.03 Å². The first-order valence-electron chi connectivity index (χ1n) is 7.60. The van der Waals surface area contributed by atoms with E-state index < -0.39 is 0 Å². The van der Waals surface area contributed by atoms with Gasteiger partial charge in [-0.15, -0.1) is 0 Å². The zero-order valence-electron chi connectivity index (χ0n) is 12.8. The highest BCUT2D eigenvalue weighted by atomic mass is 16.8. The second-order valence-electron chi connectivity index (χ2n) is 6.09. The van der Waals surface area contributed by atoms with Gasteiger partial charge in [0.2, 0.25) is 0 Å². The van der Waals surface area contributed by atoms with Gasteiger partial charge in [0.05, 0.1) is 0 Å². The van der Waals surface area contributed by atoms with Crippen LogP contribution >= 0.6 is 0 Å². The van der Waals surface area contributed by atoms with E-state index in [1.807, 2.05) is 4.90 Å². The fourth-order valence-corrected chi connectivity index (χ4v) is 2.76. The minimum absolute atomic E-state index is 0.147. The van der Waals surface area contributed by atoms with E-state index in [9.17, 15) is 4.79 Å². The van der Waals surface area contributed by atoms with Crippen LogP contribution in [0.1, 0.15) is 33.1 Å². The average molecular weight is 285 g/mol. The van der Waals surface area contributed by atoms with Crippen LogP contribution in [0.3, 0.4) is 0 Å². The lowest BCUT2D eigenvalue weighted by Gasteiger charge is -2.42. The first kappa shape index (κ1) is 15.5. The largest absolute Gasteiger partial charge is 0.350 e. The van der Waals surface area contributed by atoms with Gasteiger partial charge in [0.1, 0.15) is 0 Å². The number of urea groups is 1. The quantitative estimate of drug-likeness (QED) is 0.797. The van der Waals surface area contributed by atoms with Crippen LogP contribution in [0.25, 0.3) is 0 Å². The Bertz CT molecular complexity index is 319. The first-order chi connectivity index (χ1) is 9.58. The Kier molecular flexibility index (Phi) is 5.63. The molecule has 0 spiro atoms. The average Bonchev–Trinajstić information content (AvgIpc) is 2.45. The fourth-order valence-electron chi connectivity index (χ4n) is 2.76. The Morgan fingerprint density at radius 1 is 1.35 bits per heavy atom. The van der Waals surface area contributed by atoms with Crippen molar-refractivity contribution in [1.29, 1.82) is 0 Å². The van der Waals surface area contributed by atoms with Crippen molar-refractivity contribution in [2.75, 3.05) is 33.3 Å². The monoisotopic (exact) mass is 285 g/mol. The number of rotatable bonds is 3. The molecule has 0 aromatic heterocycles. The zero-order chi connectivity index (χ0) is 14.5. The molecule has 2 atom stereocenters. The van der Waals surface area contributed by atoms with Gasteiger partial charge < -0.3 is 14.5 Å². The third-order valence-corrected chi connectivity index (χ3v) is 4.07. The number of ether oxygens (including phenoxy) is 1. The molecule has 0 aromatic carbocycles. The second kappa shape index (κ2) is 7.24. The van der Waals surface area contributed by atoms with Crippen molar-refractivity contribution in [1.82, 2.24) is 15.3 Å². The Labute approximate surface area is 121 Å². The Morgan fingerprint density at radius 2 is 2.15 bits per heavy atom. The Hall–Kier alpha value is -0.850. The zero-order valence-corrected chi connectivity index (χ0v) is 12.8. The van der Waals surface area contributed by atoms with Crippen LogP contribution in [0, 0.1) is 5.92 Å². The standard InChI is InChI=1S/C14H27N3O3/c1-11(2)12-10-16(3)7-8-17(12)14(18)15-20-13-6-4-5-9-19-13/h11-13H,4-10H2,1-3H3,(H,15,18)/t12-,13+/m1/s1. The minimum Gasteiger partial charge on any atom is -0.350 e. The molecule has 0 saturated carbocycles. The maximum atomic E-state index is 12.3. The molecule has 2 rings (SSSR count). The minimum atomic E-state index is -0.294. The number of nitrogens with zero attached hydrogens (tertiary/aromatic N) is 2. The normalized spacial score (nSPS) is 28.7. The van der Waals surface area contributed by atoms with Crippen LogP contribution in [0.15, 0.2) is 0 Å². The summed E-state index contributed by atoms with van der Waals surface area (Å²) in [6.07, 6.45) is 2.71. The number of carbonyl (C=O) groups is 1. The van der Waals surface area contributed by atoms with Gasteiger partial charge in [-0.05, 0) is 25.8 Å². The highest BCUT2D eigenvalue weighted by molar-refractivity contribution is 5.73. The van der Waals surface area contributed by atoms with Crippen molar-refractivity contribution in [2.24, 2.45) is 5.92 Å². The maximum absolute atomic E-state index is 12.3. The van der Waals surface area contributed by atoms with Gasteiger partial charge in [-0.25, -0.2) is 15.1 Å². The van der Waals surface area contributed by atoms with Crippen molar-refractivity contribution in [2.45, 2.75) is 45.4 Å². The maximum Gasteiger partial charge on any atom is 0.341 e. The van der Waals surface area contributed by atoms with Gasteiger partial charge in [-0.3, -0.25) is 0 Å². The topological polar surface area (TPSA) is 54.0 Å². The van der Waals surface area contributed by atoms with Crippen LogP contribution in [-0.2, 0) is 9.57 Å². The molecule has 2 fully saturated rings. The summed E-state index contributed by atoms with van der Waals surface area (Å²) < 4.78 is 5.44. The molecule has 0 aromatic rings. The number of nitrogens with one attached hydrogen (secondary N) is 1. The molecule has 2 heterocycles. The molecule has 6 heteroatoms. The molecule has 0 unspecified atom stereocenters. The molecular formula is C14H27N3O3. The van der Waals surface area contributed by atoms with Gasteiger partial charge in [0.25, 0.3) is 0 Å². The van der Waals surface area contributed by atoms with Crippen molar-refractivity contribution >= 4 is 6.03 Å². The first-order valence-corrected chi connectivity index (χ1v) is 7.60. The second-order valence-corrected chi connectivity index (χ2v) is 6.09. The summed E-state index contributed by atoms with van der Waals surface area (Å²) in [7, 11) is 2.09. The fraction of sp³-hybridized carbons (Fsp3) is 0.929. The molecule has 2 aliphatic rings. The van der Waals surface area contributed by atoms with E-state index in [0.717, 1.165) is 38.9 Å². The summed E-state index contributed by atoms with van der Waals surface area (Å²) in [6, 6.07) is 0.0793. The van der Waals surface area contributed by atoms with Crippen LogP contribution in [0.5, 0.6) is 0 Å². The third kappa shape index (κ3) is 4.07. The number of hydroxylamine groups is 1. The van der Waals surface area contributed by atoms with Gasteiger partial charge in [-0.2, -0.15) is 0 Å². The summed E-state index contributed by atoms with van der Waals surface area (Å²) in [5.41, 5.74) is 2.57. The molecule has 2 saturated heterocycles. The Morgan fingerprint density at radius 3 is 2.80 bits per heavy atom. The van der Waals surface area contributed by atoms with E-state index >= 15 is 0 Å². The summed E-state index contributed by atoms with van der Waals surface area (Å²) in [5.74, 6) is 0.425. The molecule has 116 valence electrons. The smallest absolute Gasteiger partial charge is 0.341 e. The molecular weight excluding hydrogens is 258 g/mol. The van der Waals surface area contributed by atoms with Gasteiger partial charge in [-0.1, -0.05) is 13.8 Å². The van der Waals surface area contributed by atoms with E-state index in [1.54, 1.807) is 0 Å². The lowest BCUT2D eigenvalue weighted by atomic mass is 10.0. The van der Waals surface area contributed by atoms with Crippen molar-refractivity contribution < 1.29 is 14.4 Å². The van der Waals surface area contributed by atoms with Crippen LogP contribution in [0.2, 0.25) is 0 Å².